The summed E-state index contributed by atoms with van der Waals surface area (Å²) in [4.78, 5) is 7.05. The Balaban J connectivity index is 1.53. The summed E-state index contributed by atoms with van der Waals surface area (Å²) in [5.41, 5.74) is 1.21. The summed E-state index contributed by atoms with van der Waals surface area (Å²) >= 11 is 0. The Labute approximate surface area is 164 Å². The zero-order chi connectivity index (χ0) is 18.9. The SMILES string of the molecule is CCNC(=NCc1ccc(OC2CCCCC2)cc1)N(C)CC1CCOC1. The van der Waals surface area contributed by atoms with Gasteiger partial charge in [-0.15, -0.1) is 0 Å². The van der Waals surface area contributed by atoms with Crippen molar-refractivity contribution in [2.75, 3.05) is 33.4 Å². The van der Waals surface area contributed by atoms with Gasteiger partial charge in [0.2, 0.25) is 0 Å². The van der Waals surface area contributed by atoms with Gasteiger partial charge in [0.15, 0.2) is 5.96 Å². The molecule has 1 aromatic rings. The summed E-state index contributed by atoms with van der Waals surface area (Å²) in [6.45, 7) is 6.41. The molecule has 1 aliphatic carbocycles. The maximum absolute atomic E-state index is 6.12. The van der Waals surface area contributed by atoms with Crippen LogP contribution in [0.15, 0.2) is 29.3 Å². The summed E-state index contributed by atoms with van der Waals surface area (Å²) in [5, 5.41) is 3.40. The Morgan fingerprint density at radius 2 is 1.96 bits per heavy atom. The standard InChI is InChI=1S/C22H35N3O2/c1-3-23-22(25(2)16-19-13-14-26-17-19)24-15-18-9-11-21(12-10-18)27-20-7-5-4-6-8-20/h9-12,19-20H,3-8,13-17H2,1-2H3,(H,23,24). The van der Waals surface area contributed by atoms with E-state index in [0.717, 1.165) is 44.4 Å². The number of ether oxygens (including phenoxy) is 2. The van der Waals surface area contributed by atoms with Crippen molar-refractivity contribution in [3.05, 3.63) is 29.8 Å². The number of rotatable bonds is 7. The van der Waals surface area contributed by atoms with Gasteiger partial charge >= 0.3 is 0 Å². The van der Waals surface area contributed by atoms with E-state index in [9.17, 15) is 0 Å². The minimum absolute atomic E-state index is 0.399. The molecule has 0 amide bonds. The monoisotopic (exact) mass is 373 g/mol. The van der Waals surface area contributed by atoms with Crippen LogP contribution in [0.25, 0.3) is 0 Å². The Morgan fingerprint density at radius 3 is 2.63 bits per heavy atom. The molecule has 1 heterocycles. The third kappa shape index (κ3) is 6.42. The van der Waals surface area contributed by atoms with Gasteiger partial charge in [0.25, 0.3) is 0 Å². The molecule has 0 aromatic heterocycles. The van der Waals surface area contributed by atoms with E-state index >= 15 is 0 Å². The third-order valence-corrected chi connectivity index (χ3v) is 5.44. The van der Waals surface area contributed by atoms with Gasteiger partial charge in [0, 0.05) is 32.7 Å². The number of guanidine groups is 1. The first-order valence-electron chi connectivity index (χ1n) is 10.6. The Bertz CT molecular complexity index is 576. The van der Waals surface area contributed by atoms with Crippen LogP contribution in [0, 0.1) is 5.92 Å². The fourth-order valence-electron chi connectivity index (χ4n) is 3.89. The van der Waals surface area contributed by atoms with Gasteiger partial charge in [-0.3, -0.25) is 0 Å². The van der Waals surface area contributed by atoms with Crippen LogP contribution in [0.5, 0.6) is 5.75 Å². The molecule has 150 valence electrons. The third-order valence-electron chi connectivity index (χ3n) is 5.44. The van der Waals surface area contributed by atoms with Gasteiger partial charge in [0.05, 0.1) is 19.3 Å². The predicted molar refractivity (Wildman–Crippen MR) is 110 cm³/mol. The van der Waals surface area contributed by atoms with Crippen molar-refractivity contribution in [3.63, 3.8) is 0 Å². The van der Waals surface area contributed by atoms with E-state index in [1.54, 1.807) is 0 Å². The Hall–Kier alpha value is -1.75. The van der Waals surface area contributed by atoms with Gasteiger partial charge in [-0.2, -0.15) is 0 Å². The molecule has 1 aliphatic heterocycles. The van der Waals surface area contributed by atoms with E-state index in [-0.39, 0.29) is 0 Å². The second-order valence-corrected chi connectivity index (χ2v) is 7.80. The van der Waals surface area contributed by atoms with Crippen LogP contribution in [0.1, 0.15) is 51.0 Å². The summed E-state index contributed by atoms with van der Waals surface area (Å²) in [6, 6.07) is 8.45. The van der Waals surface area contributed by atoms with Crippen molar-refractivity contribution in [3.8, 4) is 5.75 Å². The van der Waals surface area contributed by atoms with Crippen molar-refractivity contribution >= 4 is 5.96 Å². The zero-order valence-electron chi connectivity index (χ0n) is 17.0. The molecule has 5 nitrogen and oxygen atoms in total. The molecular formula is C22H35N3O2. The average molecular weight is 374 g/mol. The van der Waals surface area contributed by atoms with Gasteiger partial charge in [0.1, 0.15) is 5.75 Å². The fourth-order valence-corrected chi connectivity index (χ4v) is 3.89. The molecule has 27 heavy (non-hydrogen) atoms. The summed E-state index contributed by atoms with van der Waals surface area (Å²) in [7, 11) is 2.11. The molecule has 1 N–H and O–H groups in total. The normalized spacial score (nSPS) is 21.3. The van der Waals surface area contributed by atoms with Crippen LogP contribution in [0.4, 0.5) is 0 Å². The van der Waals surface area contributed by atoms with Crippen molar-refractivity contribution < 1.29 is 9.47 Å². The Kier molecular flexibility index (Phi) is 7.81. The van der Waals surface area contributed by atoms with E-state index in [1.165, 1.54) is 37.7 Å². The lowest BCUT2D eigenvalue weighted by Crippen LogP contribution is -2.41. The lowest BCUT2D eigenvalue weighted by molar-refractivity contribution is 0.155. The molecule has 0 spiro atoms. The van der Waals surface area contributed by atoms with Crippen molar-refractivity contribution in [1.82, 2.24) is 10.2 Å². The van der Waals surface area contributed by atoms with Gasteiger partial charge in [-0.25, -0.2) is 4.99 Å². The second-order valence-electron chi connectivity index (χ2n) is 7.80. The highest BCUT2D eigenvalue weighted by atomic mass is 16.5. The number of nitrogens with zero attached hydrogens (tertiary/aromatic N) is 2. The quantitative estimate of drug-likeness (QED) is 0.583. The predicted octanol–water partition coefficient (Wildman–Crippen LogP) is 3.83. The van der Waals surface area contributed by atoms with Crippen LogP contribution in [-0.2, 0) is 11.3 Å². The second kappa shape index (κ2) is 10.5. The van der Waals surface area contributed by atoms with Gasteiger partial charge in [-0.1, -0.05) is 18.6 Å². The lowest BCUT2D eigenvalue weighted by atomic mass is 9.98. The minimum atomic E-state index is 0.399. The van der Waals surface area contributed by atoms with E-state index in [4.69, 9.17) is 14.5 Å². The fraction of sp³-hybridized carbons (Fsp3) is 0.682. The average Bonchev–Trinajstić information content (AvgIpc) is 3.20. The molecule has 2 aliphatic rings. The topological polar surface area (TPSA) is 46.1 Å². The van der Waals surface area contributed by atoms with Crippen LogP contribution < -0.4 is 10.1 Å². The van der Waals surface area contributed by atoms with Crippen LogP contribution in [-0.4, -0.2) is 50.3 Å². The first kappa shape index (κ1) is 20.0. The number of nitrogens with one attached hydrogen (secondary N) is 1. The Morgan fingerprint density at radius 1 is 1.19 bits per heavy atom. The highest BCUT2D eigenvalue weighted by Crippen LogP contribution is 2.23. The molecule has 0 bridgehead atoms. The van der Waals surface area contributed by atoms with Crippen molar-refractivity contribution in [2.45, 2.75) is 58.1 Å². The van der Waals surface area contributed by atoms with E-state index in [2.05, 4.69) is 48.5 Å². The largest absolute Gasteiger partial charge is 0.490 e. The molecule has 5 heteroatoms. The molecule has 1 aromatic carbocycles. The molecule has 1 unspecified atom stereocenters. The molecule has 3 rings (SSSR count). The van der Waals surface area contributed by atoms with Crippen LogP contribution in [0.3, 0.4) is 0 Å². The molecular weight excluding hydrogens is 338 g/mol. The molecule has 0 radical (unpaired) electrons. The lowest BCUT2D eigenvalue weighted by Gasteiger charge is -2.24. The van der Waals surface area contributed by atoms with Crippen molar-refractivity contribution in [2.24, 2.45) is 10.9 Å². The van der Waals surface area contributed by atoms with Crippen molar-refractivity contribution in [1.29, 1.82) is 0 Å². The molecule has 1 atom stereocenters. The summed E-state index contributed by atoms with van der Waals surface area (Å²) in [5.74, 6) is 2.56. The molecule has 1 saturated heterocycles. The highest BCUT2D eigenvalue weighted by Gasteiger charge is 2.19. The molecule has 2 fully saturated rings. The minimum Gasteiger partial charge on any atom is -0.490 e. The van der Waals surface area contributed by atoms with Crippen LogP contribution >= 0.6 is 0 Å². The number of benzene rings is 1. The smallest absolute Gasteiger partial charge is 0.193 e. The van der Waals surface area contributed by atoms with E-state index in [1.807, 2.05) is 0 Å². The first-order chi connectivity index (χ1) is 13.2. The number of hydrogen-bond donors (Lipinski definition) is 1. The maximum atomic E-state index is 6.12. The number of aliphatic imine (C=N–C) groups is 1. The summed E-state index contributed by atoms with van der Waals surface area (Å²) < 4.78 is 11.6. The first-order valence-corrected chi connectivity index (χ1v) is 10.6. The van der Waals surface area contributed by atoms with Crippen LogP contribution in [0.2, 0.25) is 0 Å². The number of hydrogen-bond acceptors (Lipinski definition) is 3. The zero-order valence-corrected chi connectivity index (χ0v) is 17.0. The van der Waals surface area contributed by atoms with E-state index in [0.29, 0.717) is 18.6 Å². The highest BCUT2D eigenvalue weighted by molar-refractivity contribution is 5.79. The maximum Gasteiger partial charge on any atom is 0.193 e. The van der Waals surface area contributed by atoms with Gasteiger partial charge in [-0.05, 0) is 56.7 Å². The van der Waals surface area contributed by atoms with Gasteiger partial charge < -0.3 is 19.7 Å². The molecule has 1 saturated carbocycles. The summed E-state index contributed by atoms with van der Waals surface area (Å²) in [6.07, 6.45) is 7.87. The van der Waals surface area contributed by atoms with E-state index < -0.39 is 0 Å².